The van der Waals surface area contributed by atoms with Gasteiger partial charge in [-0.2, -0.15) is 0 Å². The molecule has 2 heterocycles. The molecule has 0 bridgehead atoms. The van der Waals surface area contributed by atoms with Crippen molar-refractivity contribution in [3.05, 3.63) is 52.3 Å². The van der Waals surface area contributed by atoms with E-state index in [1.54, 1.807) is 18.2 Å². The van der Waals surface area contributed by atoms with E-state index in [1.165, 1.54) is 0 Å². The van der Waals surface area contributed by atoms with Gasteiger partial charge in [0.1, 0.15) is 0 Å². The topological polar surface area (TPSA) is 90.9 Å². The van der Waals surface area contributed by atoms with Gasteiger partial charge in [0.15, 0.2) is 5.58 Å². The summed E-state index contributed by atoms with van der Waals surface area (Å²) in [4.78, 5) is 28.5. The number of carbonyl (C=O) groups is 1. The highest BCUT2D eigenvalue weighted by Gasteiger charge is 2.07. The molecule has 6 heteroatoms. The first kappa shape index (κ1) is 12.3. The minimum Gasteiger partial charge on any atom is -0.408 e. The molecule has 0 aliphatic rings. The Hall–Kier alpha value is -2.76. The Morgan fingerprint density at radius 2 is 2.20 bits per heavy atom. The van der Waals surface area contributed by atoms with Gasteiger partial charge in [-0.1, -0.05) is 0 Å². The summed E-state index contributed by atoms with van der Waals surface area (Å²) in [5, 5.41) is 2.77. The van der Waals surface area contributed by atoms with E-state index in [4.69, 9.17) is 4.42 Å². The molecule has 0 saturated heterocycles. The van der Waals surface area contributed by atoms with Crippen LogP contribution in [0.3, 0.4) is 0 Å². The van der Waals surface area contributed by atoms with Gasteiger partial charge in [-0.3, -0.25) is 9.78 Å². The molecule has 20 heavy (non-hydrogen) atoms. The lowest BCUT2D eigenvalue weighted by Gasteiger charge is -2.03. The van der Waals surface area contributed by atoms with Crippen LogP contribution in [-0.2, 0) is 11.2 Å². The second kappa shape index (κ2) is 4.73. The van der Waals surface area contributed by atoms with Crippen LogP contribution in [0.2, 0.25) is 0 Å². The summed E-state index contributed by atoms with van der Waals surface area (Å²) in [5.74, 6) is -0.632. The lowest BCUT2D eigenvalue weighted by Crippen LogP contribution is -2.13. The highest BCUT2D eigenvalue weighted by molar-refractivity contribution is 5.93. The third-order valence-electron chi connectivity index (χ3n) is 2.96. The SMILES string of the molecule is Cc1cc(CC(=O)Nc2ccc3[nH]c(=O)oc3c2)c[nH]1. The van der Waals surface area contributed by atoms with Crippen LogP contribution in [0.4, 0.5) is 5.69 Å². The number of rotatable bonds is 3. The van der Waals surface area contributed by atoms with Crippen molar-refractivity contribution in [2.45, 2.75) is 13.3 Å². The van der Waals surface area contributed by atoms with Crippen molar-refractivity contribution in [3.63, 3.8) is 0 Å². The van der Waals surface area contributed by atoms with Crippen LogP contribution in [0.1, 0.15) is 11.3 Å². The van der Waals surface area contributed by atoms with Crippen molar-refractivity contribution < 1.29 is 9.21 Å². The number of H-pyrrole nitrogens is 2. The normalized spacial score (nSPS) is 10.8. The standard InChI is InChI=1S/C14H13N3O3/c1-8-4-9(7-15-8)5-13(18)16-10-2-3-11-12(6-10)20-14(19)17-11/h2-4,6-7,15H,5H2,1H3,(H,16,18)(H,17,19). The highest BCUT2D eigenvalue weighted by atomic mass is 16.4. The van der Waals surface area contributed by atoms with Crippen molar-refractivity contribution in [1.82, 2.24) is 9.97 Å². The van der Waals surface area contributed by atoms with E-state index >= 15 is 0 Å². The molecule has 0 aliphatic heterocycles. The Labute approximate surface area is 113 Å². The second-order valence-corrected chi connectivity index (χ2v) is 4.64. The third kappa shape index (κ3) is 2.49. The van der Waals surface area contributed by atoms with Gasteiger partial charge in [0.2, 0.25) is 5.91 Å². The quantitative estimate of drug-likeness (QED) is 0.679. The number of aromatic amines is 2. The molecular formula is C14H13N3O3. The molecule has 0 aliphatic carbocycles. The van der Waals surface area contributed by atoms with E-state index in [0.717, 1.165) is 11.3 Å². The molecule has 3 N–H and O–H groups in total. The van der Waals surface area contributed by atoms with Gasteiger partial charge in [-0.05, 0) is 30.7 Å². The maximum absolute atomic E-state index is 11.9. The lowest BCUT2D eigenvalue weighted by atomic mass is 10.2. The van der Waals surface area contributed by atoms with Crippen molar-refractivity contribution in [3.8, 4) is 0 Å². The zero-order chi connectivity index (χ0) is 14.1. The average molecular weight is 271 g/mol. The first-order chi connectivity index (χ1) is 9.60. The van der Waals surface area contributed by atoms with Crippen LogP contribution in [0.5, 0.6) is 0 Å². The number of benzene rings is 1. The summed E-state index contributed by atoms with van der Waals surface area (Å²) >= 11 is 0. The summed E-state index contributed by atoms with van der Waals surface area (Å²) in [7, 11) is 0. The van der Waals surface area contributed by atoms with E-state index in [0.29, 0.717) is 23.2 Å². The summed E-state index contributed by atoms with van der Waals surface area (Å²) in [6, 6.07) is 6.95. The molecule has 3 rings (SSSR count). The largest absolute Gasteiger partial charge is 0.417 e. The van der Waals surface area contributed by atoms with Crippen LogP contribution < -0.4 is 11.1 Å². The number of hydrogen-bond acceptors (Lipinski definition) is 3. The number of aryl methyl sites for hydroxylation is 1. The third-order valence-corrected chi connectivity index (χ3v) is 2.96. The number of carbonyl (C=O) groups excluding carboxylic acids is 1. The maximum Gasteiger partial charge on any atom is 0.417 e. The molecule has 0 unspecified atom stereocenters. The minimum absolute atomic E-state index is 0.124. The summed E-state index contributed by atoms with van der Waals surface area (Å²) in [6.45, 7) is 1.93. The van der Waals surface area contributed by atoms with Crippen LogP contribution >= 0.6 is 0 Å². The van der Waals surface area contributed by atoms with Gasteiger partial charge < -0.3 is 14.7 Å². The fourth-order valence-corrected chi connectivity index (χ4v) is 2.08. The average Bonchev–Trinajstić information content (AvgIpc) is 2.93. The van der Waals surface area contributed by atoms with E-state index in [-0.39, 0.29) is 5.91 Å². The monoisotopic (exact) mass is 271 g/mol. The number of oxazole rings is 1. The summed E-state index contributed by atoms with van der Waals surface area (Å²) in [6.07, 6.45) is 2.10. The maximum atomic E-state index is 11.9. The smallest absolute Gasteiger partial charge is 0.408 e. The molecule has 0 fully saturated rings. The highest BCUT2D eigenvalue weighted by Crippen LogP contribution is 2.16. The number of nitrogens with one attached hydrogen (secondary N) is 3. The Bertz CT molecular complexity index is 825. The lowest BCUT2D eigenvalue weighted by molar-refractivity contribution is -0.115. The molecule has 3 aromatic rings. The van der Waals surface area contributed by atoms with E-state index < -0.39 is 5.76 Å². The Morgan fingerprint density at radius 1 is 1.35 bits per heavy atom. The number of anilines is 1. The first-order valence-corrected chi connectivity index (χ1v) is 6.17. The summed E-state index contributed by atoms with van der Waals surface area (Å²) in [5.41, 5.74) is 3.56. The second-order valence-electron chi connectivity index (χ2n) is 4.64. The molecule has 1 amide bonds. The Morgan fingerprint density at radius 3 is 2.95 bits per heavy atom. The van der Waals surface area contributed by atoms with Gasteiger partial charge in [0.05, 0.1) is 11.9 Å². The first-order valence-electron chi connectivity index (χ1n) is 6.17. The molecule has 0 spiro atoms. The van der Waals surface area contributed by atoms with E-state index in [9.17, 15) is 9.59 Å². The van der Waals surface area contributed by atoms with Crippen LogP contribution in [-0.4, -0.2) is 15.9 Å². The summed E-state index contributed by atoms with van der Waals surface area (Å²) < 4.78 is 4.94. The zero-order valence-electron chi connectivity index (χ0n) is 10.8. The van der Waals surface area contributed by atoms with E-state index in [2.05, 4.69) is 15.3 Å². The fourth-order valence-electron chi connectivity index (χ4n) is 2.08. The van der Waals surface area contributed by atoms with Crippen LogP contribution in [0.15, 0.2) is 39.7 Å². The van der Waals surface area contributed by atoms with Gasteiger partial charge in [-0.15, -0.1) is 0 Å². The van der Waals surface area contributed by atoms with Gasteiger partial charge in [-0.25, -0.2) is 4.79 Å². The van der Waals surface area contributed by atoms with Crippen molar-refractivity contribution in [1.29, 1.82) is 0 Å². The Kier molecular flexibility index (Phi) is 2.90. The molecular weight excluding hydrogens is 258 g/mol. The predicted octanol–water partition coefficient (Wildman–Crippen LogP) is 1.94. The molecule has 0 saturated carbocycles. The number of amides is 1. The Balaban J connectivity index is 1.75. The zero-order valence-corrected chi connectivity index (χ0v) is 10.8. The van der Waals surface area contributed by atoms with Gasteiger partial charge >= 0.3 is 5.76 Å². The van der Waals surface area contributed by atoms with Crippen LogP contribution in [0.25, 0.3) is 11.1 Å². The van der Waals surface area contributed by atoms with Gasteiger partial charge in [0.25, 0.3) is 0 Å². The molecule has 102 valence electrons. The van der Waals surface area contributed by atoms with Crippen molar-refractivity contribution in [2.24, 2.45) is 0 Å². The van der Waals surface area contributed by atoms with Crippen molar-refractivity contribution in [2.75, 3.05) is 5.32 Å². The van der Waals surface area contributed by atoms with Crippen LogP contribution in [0, 0.1) is 6.92 Å². The number of aromatic nitrogens is 2. The molecule has 2 aromatic heterocycles. The molecule has 0 atom stereocenters. The predicted molar refractivity (Wildman–Crippen MR) is 74.7 cm³/mol. The number of fused-ring (bicyclic) bond motifs is 1. The van der Waals surface area contributed by atoms with Gasteiger partial charge in [0, 0.05) is 23.6 Å². The molecule has 0 radical (unpaired) electrons. The van der Waals surface area contributed by atoms with E-state index in [1.807, 2.05) is 19.2 Å². The minimum atomic E-state index is -0.508. The van der Waals surface area contributed by atoms with Crippen molar-refractivity contribution >= 4 is 22.7 Å². The molecule has 6 nitrogen and oxygen atoms in total. The number of hydrogen-bond donors (Lipinski definition) is 3. The molecule has 1 aromatic carbocycles. The fraction of sp³-hybridized carbons (Fsp3) is 0.143.